The van der Waals surface area contributed by atoms with Crippen LogP contribution >= 0.6 is 11.3 Å². The largest absolute Gasteiger partial charge is 0.459 e. The first kappa shape index (κ1) is 14.3. The summed E-state index contributed by atoms with van der Waals surface area (Å²) >= 11 is 1.78. The van der Waals surface area contributed by atoms with Gasteiger partial charge in [-0.25, -0.2) is 0 Å². The Bertz CT molecular complexity index is 835. The van der Waals surface area contributed by atoms with Gasteiger partial charge in [-0.3, -0.25) is 4.79 Å². The molecule has 1 aliphatic heterocycles. The van der Waals surface area contributed by atoms with E-state index in [0.29, 0.717) is 12.3 Å². The van der Waals surface area contributed by atoms with Crippen molar-refractivity contribution in [2.75, 3.05) is 6.54 Å². The minimum absolute atomic E-state index is 0.0381. The van der Waals surface area contributed by atoms with Crippen LogP contribution in [0.4, 0.5) is 0 Å². The van der Waals surface area contributed by atoms with E-state index in [2.05, 4.69) is 30.5 Å². The molecule has 0 bridgehead atoms. The molecule has 23 heavy (non-hydrogen) atoms. The SMILES string of the molecule is Cc1ccccc1C1c2ccsc2CCN1C(=O)c1ccco1. The molecular weight excluding hydrogens is 306 g/mol. The zero-order valence-corrected chi connectivity index (χ0v) is 13.7. The first-order valence-corrected chi connectivity index (χ1v) is 8.60. The van der Waals surface area contributed by atoms with Gasteiger partial charge in [0.05, 0.1) is 12.3 Å². The molecule has 0 saturated carbocycles. The number of hydrogen-bond acceptors (Lipinski definition) is 3. The summed E-state index contributed by atoms with van der Waals surface area (Å²) in [6.07, 6.45) is 2.46. The highest BCUT2D eigenvalue weighted by molar-refractivity contribution is 7.10. The third kappa shape index (κ3) is 2.39. The fraction of sp³-hybridized carbons (Fsp3) is 0.211. The molecule has 1 aliphatic rings. The van der Waals surface area contributed by atoms with Gasteiger partial charge >= 0.3 is 0 Å². The number of carbonyl (C=O) groups excluding carboxylic acids is 1. The minimum atomic E-state index is -0.0416. The number of carbonyl (C=O) groups is 1. The van der Waals surface area contributed by atoms with Crippen LogP contribution in [0.25, 0.3) is 0 Å². The summed E-state index contributed by atoms with van der Waals surface area (Å²) in [4.78, 5) is 16.2. The molecule has 0 N–H and O–H groups in total. The molecule has 1 atom stereocenters. The van der Waals surface area contributed by atoms with E-state index in [-0.39, 0.29) is 11.9 Å². The van der Waals surface area contributed by atoms with E-state index < -0.39 is 0 Å². The van der Waals surface area contributed by atoms with Gasteiger partial charge in [0.25, 0.3) is 5.91 Å². The van der Waals surface area contributed by atoms with Gasteiger partial charge in [0.2, 0.25) is 0 Å². The fourth-order valence-electron chi connectivity index (χ4n) is 3.31. The van der Waals surface area contributed by atoms with Crippen LogP contribution in [-0.2, 0) is 6.42 Å². The number of hydrogen-bond donors (Lipinski definition) is 0. The third-order valence-corrected chi connectivity index (χ3v) is 5.44. The van der Waals surface area contributed by atoms with Crippen LogP contribution < -0.4 is 0 Å². The second kappa shape index (κ2) is 5.70. The Morgan fingerprint density at radius 2 is 2.04 bits per heavy atom. The Morgan fingerprint density at radius 1 is 1.17 bits per heavy atom. The molecule has 0 radical (unpaired) electrons. The highest BCUT2D eigenvalue weighted by atomic mass is 32.1. The molecule has 1 unspecified atom stereocenters. The number of furan rings is 1. The highest BCUT2D eigenvalue weighted by Crippen LogP contribution is 2.39. The zero-order valence-electron chi connectivity index (χ0n) is 12.9. The number of rotatable bonds is 2. The maximum atomic E-state index is 12.9. The van der Waals surface area contributed by atoms with E-state index in [4.69, 9.17) is 4.42 Å². The molecule has 3 heterocycles. The number of fused-ring (bicyclic) bond motifs is 1. The van der Waals surface area contributed by atoms with Crippen molar-refractivity contribution in [3.63, 3.8) is 0 Å². The number of thiophene rings is 1. The molecular formula is C19H17NO2S. The predicted octanol–water partition coefficient (Wildman–Crippen LogP) is 4.44. The Kier molecular flexibility index (Phi) is 3.54. The van der Waals surface area contributed by atoms with Crippen molar-refractivity contribution in [3.05, 3.63) is 81.4 Å². The molecule has 2 aromatic heterocycles. The van der Waals surface area contributed by atoms with Crippen molar-refractivity contribution < 1.29 is 9.21 Å². The number of amides is 1. The molecule has 1 aromatic carbocycles. The van der Waals surface area contributed by atoms with Crippen LogP contribution in [0.1, 0.15) is 38.2 Å². The fourth-order valence-corrected chi connectivity index (χ4v) is 4.21. The lowest BCUT2D eigenvalue weighted by Crippen LogP contribution is -2.40. The first-order chi connectivity index (χ1) is 11.3. The van der Waals surface area contributed by atoms with Crippen molar-refractivity contribution in [3.8, 4) is 0 Å². The molecule has 4 rings (SSSR count). The average Bonchev–Trinajstić information content (AvgIpc) is 3.25. The van der Waals surface area contributed by atoms with E-state index in [1.165, 1.54) is 21.6 Å². The zero-order chi connectivity index (χ0) is 15.8. The van der Waals surface area contributed by atoms with Gasteiger partial charge in [-0.2, -0.15) is 0 Å². The van der Waals surface area contributed by atoms with Crippen LogP contribution in [-0.4, -0.2) is 17.4 Å². The molecule has 3 aromatic rings. The summed E-state index contributed by atoms with van der Waals surface area (Å²) < 4.78 is 5.34. The minimum Gasteiger partial charge on any atom is -0.459 e. The van der Waals surface area contributed by atoms with Gasteiger partial charge in [-0.05, 0) is 53.6 Å². The number of aryl methyl sites for hydroxylation is 1. The number of nitrogens with zero attached hydrogens (tertiary/aromatic N) is 1. The van der Waals surface area contributed by atoms with E-state index in [1.807, 2.05) is 17.0 Å². The molecule has 0 aliphatic carbocycles. The van der Waals surface area contributed by atoms with E-state index >= 15 is 0 Å². The molecule has 0 saturated heterocycles. The topological polar surface area (TPSA) is 33.5 Å². The average molecular weight is 323 g/mol. The van der Waals surface area contributed by atoms with Gasteiger partial charge in [0.15, 0.2) is 5.76 Å². The maximum Gasteiger partial charge on any atom is 0.290 e. The second-order valence-corrected chi connectivity index (χ2v) is 6.78. The van der Waals surface area contributed by atoms with Crippen LogP contribution in [0, 0.1) is 6.92 Å². The Hall–Kier alpha value is -2.33. The van der Waals surface area contributed by atoms with Gasteiger partial charge in [-0.1, -0.05) is 24.3 Å². The summed E-state index contributed by atoms with van der Waals surface area (Å²) in [5, 5.41) is 2.12. The van der Waals surface area contributed by atoms with Gasteiger partial charge in [0, 0.05) is 11.4 Å². The lowest BCUT2D eigenvalue weighted by Gasteiger charge is -2.36. The van der Waals surface area contributed by atoms with Crippen LogP contribution in [0.2, 0.25) is 0 Å². The van der Waals surface area contributed by atoms with Gasteiger partial charge in [0.1, 0.15) is 0 Å². The normalized spacial score (nSPS) is 17.1. The lowest BCUT2D eigenvalue weighted by molar-refractivity contribution is 0.0663. The van der Waals surface area contributed by atoms with Crippen LogP contribution in [0.15, 0.2) is 58.5 Å². The lowest BCUT2D eigenvalue weighted by atomic mass is 9.90. The predicted molar refractivity (Wildman–Crippen MR) is 90.8 cm³/mol. The van der Waals surface area contributed by atoms with Crippen LogP contribution in [0.5, 0.6) is 0 Å². The summed E-state index contributed by atoms with van der Waals surface area (Å²) in [6.45, 7) is 2.82. The summed E-state index contributed by atoms with van der Waals surface area (Å²) in [5.41, 5.74) is 3.64. The molecule has 1 amide bonds. The highest BCUT2D eigenvalue weighted by Gasteiger charge is 2.34. The van der Waals surface area contributed by atoms with E-state index in [0.717, 1.165) is 6.42 Å². The summed E-state index contributed by atoms with van der Waals surface area (Å²) in [6, 6.07) is 13.9. The van der Waals surface area contributed by atoms with E-state index in [9.17, 15) is 4.79 Å². The van der Waals surface area contributed by atoms with Crippen molar-refractivity contribution >= 4 is 17.2 Å². The molecule has 4 heteroatoms. The first-order valence-electron chi connectivity index (χ1n) is 7.72. The summed E-state index contributed by atoms with van der Waals surface area (Å²) in [7, 11) is 0. The quantitative estimate of drug-likeness (QED) is 0.698. The van der Waals surface area contributed by atoms with Gasteiger partial charge < -0.3 is 9.32 Å². The molecule has 0 fully saturated rings. The van der Waals surface area contributed by atoms with Crippen molar-refractivity contribution in [1.29, 1.82) is 0 Å². The van der Waals surface area contributed by atoms with Crippen molar-refractivity contribution in [1.82, 2.24) is 4.90 Å². The Labute approximate surface area is 139 Å². The van der Waals surface area contributed by atoms with E-state index in [1.54, 1.807) is 29.7 Å². The monoisotopic (exact) mass is 323 g/mol. The van der Waals surface area contributed by atoms with Gasteiger partial charge in [-0.15, -0.1) is 11.3 Å². The summed E-state index contributed by atoms with van der Waals surface area (Å²) in [5.74, 6) is 0.363. The van der Waals surface area contributed by atoms with Crippen LogP contribution in [0.3, 0.4) is 0 Å². The number of benzene rings is 1. The Balaban J connectivity index is 1.83. The maximum absolute atomic E-state index is 12.9. The molecule has 116 valence electrons. The van der Waals surface area contributed by atoms with Crippen molar-refractivity contribution in [2.45, 2.75) is 19.4 Å². The second-order valence-electron chi connectivity index (χ2n) is 5.78. The smallest absolute Gasteiger partial charge is 0.290 e. The third-order valence-electron chi connectivity index (χ3n) is 4.44. The van der Waals surface area contributed by atoms with Crippen molar-refractivity contribution in [2.24, 2.45) is 0 Å². The standard InChI is InChI=1S/C19H17NO2S/c1-13-5-2-3-6-14(13)18-15-9-12-23-17(15)8-10-20(18)19(21)16-7-4-11-22-16/h2-7,9,11-12,18H,8,10H2,1H3. The molecule has 0 spiro atoms. The Morgan fingerprint density at radius 3 is 2.83 bits per heavy atom. The molecule has 3 nitrogen and oxygen atoms in total.